The molecule has 1 amide bonds. The number of benzene rings is 3. The van der Waals surface area contributed by atoms with Gasteiger partial charge in [-0.1, -0.05) is 53.5 Å². The van der Waals surface area contributed by atoms with Crippen LogP contribution in [0.3, 0.4) is 0 Å². The number of carbonyl (C=O) groups excluding carboxylic acids is 1. The van der Waals surface area contributed by atoms with E-state index in [-0.39, 0.29) is 5.91 Å². The van der Waals surface area contributed by atoms with Crippen molar-refractivity contribution in [2.24, 2.45) is 0 Å². The molecule has 2 aliphatic rings. The molecule has 0 saturated carbocycles. The molecule has 3 heterocycles. The van der Waals surface area contributed by atoms with Gasteiger partial charge in [0.05, 0.1) is 12.4 Å². The van der Waals surface area contributed by atoms with Crippen LogP contribution < -0.4 is 20.9 Å². The lowest BCUT2D eigenvalue weighted by Gasteiger charge is -2.37. The number of aromatic nitrogens is 2. The van der Waals surface area contributed by atoms with Crippen LogP contribution in [-0.2, 0) is 11.2 Å². The van der Waals surface area contributed by atoms with Crippen LogP contribution in [-0.4, -0.2) is 53.6 Å². The van der Waals surface area contributed by atoms with Crippen molar-refractivity contribution in [3.8, 4) is 0 Å². The summed E-state index contributed by atoms with van der Waals surface area (Å²) >= 11 is 12.4. The topological polar surface area (TPSA) is 90.6 Å². The van der Waals surface area contributed by atoms with Gasteiger partial charge in [0, 0.05) is 65.7 Å². The van der Waals surface area contributed by atoms with E-state index in [4.69, 9.17) is 28.9 Å². The van der Waals surface area contributed by atoms with Crippen LogP contribution in [0.5, 0.6) is 0 Å². The van der Waals surface area contributed by atoms with E-state index in [1.54, 1.807) is 6.20 Å². The normalized spacial score (nSPS) is 17.2. The Bertz CT molecular complexity index is 1510. The van der Waals surface area contributed by atoms with Crippen LogP contribution in [0.4, 0.5) is 23.1 Å². The summed E-state index contributed by atoms with van der Waals surface area (Å²) in [7, 11) is 0. The molecule has 3 N–H and O–H groups in total. The molecular weight excluding hydrogens is 545 g/mol. The smallest absolute Gasteiger partial charge is 0.255 e. The Morgan fingerprint density at radius 1 is 0.925 bits per heavy atom. The van der Waals surface area contributed by atoms with Crippen LogP contribution >= 0.6 is 23.2 Å². The number of para-hydroxylation sites is 1. The van der Waals surface area contributed by atoms with Crippen molar-refractivity contribution in [1.82, 2.24) is 14.9 Å². The highest BCUT2D eigenvalue weighted by Crippen LogP contribution is 2.39. The van der Waals surface area contributed by atoms with E-state index in [1.807, 2.05) is 53.4 Å². The van der Waals surface area contributed by atoms with Crippen molar-refractivity contribution in [2.75, 3.05) is 53.7 Å². The molecule has 1 atom stereocenters. The third-order valence-electron chi connectivity index (χ3n) is 7.42. The number of nitrogens with zero attached hydrogens (tertiary/aromatic N) is 5. The van der Waals surface area contributed by atoms with Gasteiger partial charge in [-0.2, -0.15) is 4.98 Å². The van der Waals surface area contributed by atoms with E-state index in [0.29, 0.717) is 34.9 Å². The summed E-state index contributed by atoms with van der Waals surface area (Å²) in [6.45, 7) is 4.01. The molecule has 1 saturated heterocycles. The zero-order valence-electron chi connectivity index (χ0n) is 21.8. The Labute approximate surface area is 243 Å². The number of rotatable bonds is 7. The lowest BCUT2D eigenvalue weighted by atomic mass is 10.1. The number of nitrogen functional groups attached to an aromatic ring is 1. The number of fused-ring (bicyclic) bond motifs is 1. The number of nitrogens with one attached hydrogen (secondary N) is 1. The first-order valence-electron chi connectivity index (χ1n) is 13.2. The van der Waals surface area contributed by atoms with Gasteiger partial charge in [0.2, 0.25) is 5.95 Å². The minimum atomic E-state index is -0.666. The van der Waals surface area contributed by atoms with Gasteiger partial charge in [-0.15, -0.1) is 0 Å². The summed E-state index contributed by atoms with van der Waals surface area (Å²) in [5.74, 6) is 0.576. The van der Waals surface area contributed by atoms with E-state index in [0.717, 1.165) is 48.6 Å². The third kappa shape index (κ3) is 5.56. The quantitative estimate of drug-likeness (QED) is 0.312. The Kier molecular flexibility index (Phi) is 7.47. The van der Waals surface area contributed by atoms with Gasteiger partial charge in [0.1, 0.15) is 11.9 Å². The van der Waals surface area contributed by atoms with E-state index in [1.165, 1.54) is 5.69 Å². The van der Waals surface area contributed by atoms with Crippen LogP contribution in [0.15, 0.2) is 79.0 Å². The summed E-state index contributed by atoms with van der Waals surface area (Å²) in [4.78, 5) is 29.2. The number of hydrogen-bond donors (Lipinski definition) is 2. The molecule has 6 rings (SSSR count). The molecular formula is C30H29Cl2N7O. The third-order valence-corrected chi connectivity index (χ3v) is 7.91. The first-order valence-corrected chi connectivity index (χ1v) is 14.0. The van der Waals surface area contributed by atoms with Crippen molar-refractivity contribution >= 4 is 52.3 Å². The predicted octanol–water partition coefficient (Wildman–Crippen LogP) is 5.24. The number of nitrogens with two attached hydrogens (primary N) is 1. The summed E-state index contributed by atoms with van der Waals surface area (Å²) in [5, 5.41) is 4.46. The van der Waals surface area contributed by atoms with Crippen LogP contribution in [0.2, 0.25) is 10.0 Å². The number of piperazine rings is 1. The summed E-state index contributed by atoms with van der Waals surface area (Å²) in [6.07, 6.45) is 2.27. The van der Waals surface area contributed by atoms with Crippen molar-refractivity contribution in [2.45, 2.75) is 12.5 Å². The molecule has 1 unspecified atom stereocenters. The molecule has 0 radical (unpaired) electrons. The van der Waals surface area contributed by atoms with Crippen LogP contribution in [0, 0.1) is 0 Å². The molecule has 0 aliphatic carbocycles. The molecule has 1 aromatic heterocycles. The van der Waals surface area contributed by atoms with Gasteiger partial charge >= 0.3 is 0 Å². The molecule has 0 spiro atoms. The molecule has 4 aromatic rings. The van der Waals surface area contributed by atoms with Crippen LogP contribution in [0.25, 0.3) is 0 Å². The van der Waals surface area contributed by atoms with Gasteiger partial charge < -0.3 is 16.0 Å². The minimum Gasteiger partial charge on any atom is -0.383 e. The molecule has 204 valence electrons. The van der Waals surface area contributed by atoms with E-state index in [9.17, 15) is 4.79 Å². The van der Waals surface area contributed by atoms with Crippen LogP contribution in [0.1, 0.15) is 22.7 Å². The van der Waals surface area contributed by atoms with Crippen molar-refractivity contribution < 1.29 is 4.79 Å². The zero-order valence-corrected chi connectivity index (χ0v) is 23.3. The maximum Gasteiger partial charge on any atom is 0.255 e. The fraction of sp³-hybridized carbons (Fsp3) is 0.233. The van der Waals surface area contributed by atoms with E-state index >= 15 is 0 Å². The molecule has 40 heavy (non-hydrogen) atoms. The number of anilines is 4. The maximum absolute atomic E-state index is 13.7. The van der Waals surface area contributed by atoms with Gasteiger partial charge in [-0.25, -0.2) is 4.98 Å². The molecule has 8 nitrogen and oxygen atoms in total. The highest BCUT2D eigenvalue weighted by atomic mass is 35.5. The van der Waals surface area contributed by atoms with Crippen molar-refractivity contribution in [1.29, 1.82) is 0 Å². The minimum absolute atomic E-state index is 0.0739. The first kappa shape index (κ1) is 26.4. The molecule has 3 aromatic carbocycles. The van der Waals surface area contributed by atoms with E-state index in [2.05, 4.69) is 49.4 Å². The number of amides is 1. The van der Waals surface area contributed by atoms with Gasteiger partial charge in [0.25, 0.3) is 5.91 Å². The van der Waals surface area contributed by atoms with Crippen molar-refractivity contribution in [3.05, 3.63) is 106 Å². The molecule has 1 fully saturated rings. The number of carbonyl (C=O) groups is 1. The molecule has 0 bridgehead atoms. The molecule has 10 heteroatoms. The maximum atomic E-state index is 13.7. The largest absolute Gasteiger partial charge is 0.383 e. The Hall–Kier alpha value is -3.85. The fourth-order valence-electron chi connectivity index (χ4n) is 5.26. The molecule has 2 aliphatic heterocycles. The SMILES string of the molecule is Nc1nc(NC2C(=O)N(CN3CCN(c4ccccc4)CC3)c3ccc(Cl)cc32)ncc1Cc1ccc(Cl)cc1. The summed E-state index contributed by atoms with van der Waals surface area (Å²) < 4.78 is 0. The second-order valence-electron chi connectivity index (χ2n) is 10.0. The van der Waals surface area contributed by atoms with Gasteiger partial charge in [-0.05, 0) is 48.0 Å². The number of hydrogen-bond acceptors (Lipinski definition) is 7. The first-order chi connectivity index (χ1) is 19.4. The number of halogens is 2. The average Bonchev–Trinajstić information content (AvgIpc) is 3.21. The second-order valence-corrected chi connectivity index (χ2v) is 10.9. The van der Waals surface area contributed by atoms with Crippen molar-refractivity contribution in [3.63, 3.8) is 0 Å². The fourth-order valence-corrected chi connectivity index (χ4v) is 5.57. The predicted molar refractivity (Wildman–Crippen MR) is 161 cm³/mol. The monoisotopic (exact) mass is 573 g/mol. The Morgan fingerprint density at radius 2 is 1.65 bits per heavy atom. The lowest BCUT2D eigenvalue weighted by Crippen LogP contribution is -2.51. The zero-order chi connectivity index (χ0) is 27.6. The van der Waals surface area contributed by atoms with E-state index < -0.39 is 6.04 Å². The van der Waals surface area contributed by atoms with Gasteiger partial charge in [-0.3, -0.25) is 14.6 Å². The Morgan fingerprint density at radius 3 is 2.38 bits per heavy atom. The highest BCUT2D eigenvalue weighted by molar-refractivity contribution is 6.31. The van der Waals surface area contributed by atoms with Gasteiger partial charge in [0.15, 0.2) is 0 Å². The summed E-state index contributed by atoms with van der Waals surface area (Å²) in [5.41, 5.74) is 11.0. The Balaban J connectivity index is 1.16. The summed E-state index contributed by atoms with van der Waals surface area (Å²) in [6, 6.07) is 22.9. The highest BCUT2D eigenvalue weighted by Gasteiger charge is 2.39. The standard InChI is InChI=1S/C30H29Cl2N7O/c31-22-8-6-20(7-9-22)16-21-18-34-30(36-28(21)33)35-27-25-17-23(32)10-11-26(25)39(29(27)40)19-37-12-14-38(15-13-37)24-4-2-1-3-5-24/h1-11,17-18,27H,12-16,19H2,(H3,33,34,35,36). The lowest BCUT2D eigenvalue weighted by molar-refractivity contribution is -0.119. The average molecular weight is 575 g/mol. The second kappa shape index (κ2) is 11.3.